The molecule has 1 amide bonds. The van der Waals surface area contributed by atoms with Crippen LogP contribution in [0, 0.1) is 0 Å². The van der Waals surface area contributed by atoms with Gasteiger partial charge in [-0.25, -0.2) is 0 Å². The third kappa shape index (κ3) is 2.86. The molecular formula is C16H13F3N4O2. The SMILES string of the molecule is O=C(c1cc(C(F)(F)F)no1)N1CCC(c2cc3ncccc3[nH]2)C1. The first-order chi connectivity index (χ1) is 11.9. The standard InChI is InChI=1S/C16H13F3N4O2/c17-16(18,19)14-7-13(25-22-14)15(24)23-5-3-9(8-23)11-6-12-10(21-11)2-1-4-20-12/h1-2,4,6-7,9,21H,3,5,8H2. The number of alkyl halides is 3. The van der Waals surface area contributed by atoms with E-state index in [-0.39, 0.29) is 5.92 Å². The van der Waals surface area contributed by atoms with Gasteiger partial charge in [0.1, 0.15) is 0 Å². The molecule has 1 unspecified atom stereocenters. The second-order valence-electron chi connectivity index (χ2n) is 5.97. The Labute approximate surface area is 139 Å². The van der Waals surface area contributed by atoms with Crippen LogP contribution in [-0.2, 0) is 6.18 Å². The van der Waals surface area contributed by atoms with Crippen molar-refractivity contribution in [1.29, 1.82) is 0 Å². The minimum absolute atomic E-state index is 0.0724. The maximum Gasteiger partial charge on any atom is 0.436 e. The third-order valence-corrected chi connectivity index (χ3v) is 4.34. The molecule has 1 N–H and O–H groups in total. The van der Waals surface area contributed by atoms with E-state index in [1.54, 1.807) is 6.20 Å². The normalized spacial score (nSPS) is 18.2. The van der Waals surface area contributed by atoms with Gasteiger partial charge < -0.3 is 14.4 Å². The first kappa shape index (κ1) is 15.7. The van der Waals surface area contributed by atoms with Crippen LogP contribution < -0.4 is 0 Å². The number of amides is 1. The summed E-state index contributed by atoms with van der Waals surface area (Å²) in [5.41, 5.74) is 1.51. The van der Waals surface area contributed by atoms with Crippen LogP contribution in [-0.4, -0.2) is 39.0 Å². The van der Waals surface area contributed by atoms with Gasteiger partial charge in [-0.1, -0.05) is 5.16 Å². The number of nitrogens with one attached hydrogen (secondary N) is 1. The van der Waals surface area contributed by atoms with E-state index in [0.717, 1.165) is 16.7 Å². The number of aromatic amines is 1. The van der Waals surface area contributed by atoms with Crippen molar-refractivity contribution in [2.24, 2.45) is 0 Å². The van der Waals surface area contributed by atoms with Gasteiger partial charge in [0, 0.05) is 37.0 Å². The lowest BCUT2D eigenvalue weighted by Gasteiger charge is -2.14. The molecule has 4 rings (SSSR count). The molecule has 1 aliphatic rings. The fourth-order valence-electron chi connectivity index (χ4n) is 3.06. The Kier molecular flexibility index (Phi) is 3.52. The molecule has 4 heterocycles. The van der Waals surface area contributed by atoms with Crippen LogP contribution in [0.25, 0.3) is 11.0 Å². The van der Waals surface area contributed by atoms with Crippen molar-refractivity contribution in [3.8, 4) is 0 Å². The molecule has 0 spiro atoms. The van der Waals surface area contributed by atoms with Gasteiger partial charge in [-0.3, -0.25) is 9.78 Å². The number of nitrogens with zero attached hydrogens (tertiary/aromatic N) is 3. The number of fused-ring (bicyclic) bond motifs is 1. The minimum atomic E-state index is -4.63. The van der Waals surface area contributed by atoms with Crippen LogP contribution in [0.3, 0.4) is 0 Å². The summed E-state index contributed by atoms with van der Waals surface area (Å²) in [7, 11) is 0. The summed E-state index contributed by atoms with van der Waals surface area (Å²) >= 11 is 0. The number of carbonyl (C=O) groups excluding carboxylic acids is 1. The molecule has 0 saturated carbocycles. The summed E-state index contributed by atoms with van der Waals surface area (Å²) in [6.07, 6.45) is -2.22. The lowest BCUT2D eigenvalue weighted by Crippen LogP contribution is -2.28. The van der Waals surface area contributed by atoms with Crippen LogP contribution in [0.5, 0.6) is 0 Å². The molecule has 3 aromatic heterocycles. The van der Waals surface area contributed by atoms with Gasteiger partial charge in [-0.15, -0.1) is 0 Å². The Hall–Kier alpha value is -2.84. The van der Waals surface area contributed by atoms with Crippen molar-refractivity contribution >= 4 is 16.9 Å². The highest BCUT2D eigenvalue weighted by Crippen LogP contribution is 2.31. The molecule has 9 heteroatoms. The van der Waals surface area contributed by atoms with Crippen LogP contribution >= 0.6 is 0 Å². The zero-order chi connectivity index (χ0) is 17.6. The second-order valence-corrected chi connectivity index (χ2v) is 5.97. The molecule has 6 nitrogen and oxygen atoms in total. The number of hydrogen-bond acceptors (Lipinski definition) is 4. The molecule has 25 heavy (non-hydrogen) atoms. The van der Waals surface area contributed by atoms with E-state index in [4.69, 9.17) is 0 Å². The summed E-state index contributed by atoms with van der Waals surface area (Å²) < 4.78 is 42.3. The van der Waals surface area contributed by atoms with Gasteiger partial charge in [0.2, 0.25) is 5.76 Å². The molecule has 1 saturated heterocycles. The predicted octanol–water partition coefficient (Wildman–Crippen LogP) is 3.20. The predicted molar refractivity (Wildman–Crippen MR) is 80.9 cm³/mol. The van der Waals surface area contributed by atoms with E-state index in [0.29, 0.717) is 25.6 Å². The van der Waals surface area contributed by atoms with Crippen LogP contribution in [0.4, 0.5) is 13.2 Å². The average molecular weight is 350 g/mol. The highest BCUT2D eigenvalue weighted by molar-refractivity contribution is 5.91. The van der Waals surface area contributed by atoms with Crippen molar-refractivity contribution in [1.82, 2.24) is 20.0 Å². The Morgan fingerprint density at radius 3 is 2.92 bits per heavy atom. The summed E-state index contributed by atoms with van der Waals surface area (Å²) in [5, 5.41) is 2.92. The van der Waals surface area contributed by atoms with Crippen LogP contribution in [0.2, 0.25) is 0 Å². The van der Waals surface area contributed by atoms with Gasteiger partial charge in [0.15, 0.2) is 5.69 Å². The number of aromatic nitrogens is 3. The number of halogens is 3. The monoisotopic (exact) mass is 350 g/mol. The van der Waals surface area contributed by atoms with Gasteiger partial charge in [0.05, 0.1) is 11.0 Å². The first-order valence-corrected chi connectivity index (χ1v) is 7.68. The Balaban J connectivity index is 1.50. The highest BCUT2D eigenvalue weighted by Gasteiger charge is 2.37. The van der Waals surface area contributed by atoms with E-state index < -0.39 is 23.5 Å². The second kappa shape index (κ2) is 5.61. The molecule has 0 bridgehead atoms. The molecular weight excluding hydrogens is 337 g/mol. The number of likely N-dealkylation sites (tertiary alicyclic amines) is 1. The Bertz CT molecular complexity index is 898. The van der Waals surface area contributed by atoms with E-state index in [1.165, 1.54) is 4.90 Å². The zero-order valence-electron chi connectivity index (χ0n) is 12.9. The Morgan fingerprint density at radius 2 is 2.20 bits per heavy atom. The molecule has 0 radical (unpaired) electrons. The molecule has 1 aliphatic heterocycles. The lowest BCUT2D eigenvalue weighted by molar-refractivity contribution is -0.142. The number of hydrogen-bond donors (Lipinski definition) is 1. The summed E-state index contributed by atoms with van der Waals surface area (Å²) in [6.45, 7) is 0.835. The van der Waals surface area contributed by atoms with Gasteiger partial charge in [-0.2, -0.15) is 13.2 Å². The van der Waals surface area contributed by atoms with Gasteiger partial charge in [-0.05, 0) is 24.6 Å². The summed E-state index contributed by atoms with van der Waals surface area (Å²) in [6, 6.07) is 6.32. The Morgan fingerprint density at radius 1 is 1.36 bits per heavy atom. The van der Waals surface area contributed by atoms with E-state index in [1.807, 2.05) is 18.2 Å². The molecule has 1 fully saturated rings. The van der Waals surface area contributed by atoms with Crippen molar-refractivity contribution in [2.75, 3.05) is 13.1 Å². The van der Waals surface area contributed by atoms with Crippen LogP contribution in [0.15, 0.2) is 35.0 Å². The van der Waals surface area contributed by atoms with Gasteiger partial charge in [0.25, 0.3) is 5.91 Å². The molecule has 130 valence electrons. The van der Waals surface area contributed by atoms with Crippen molar-refractivity contribution in [2.45, 2.75) is 18.5 Å². The minimum Gasteiger partial charge on any atom is -0.357 e. The van der Waals surface area contributed by atoms with Gasteiger partial charge >= 0.3 is 6.18 Å². The smallest absolute Gasteiger partial charge is 0.357 e. The quantitative estimate of drug-likeness (QED) is 0.770. The maximum absolute atomic E-state index is 12.6. The summed E-state index contributed by atoms with van der Waals surface area (Å²) in [5.74, 6) is -0.908. The fourth-order valence-corrected chi connectivity index (χ4v) is 3.06. The molecule has 3 aromatic rings. The number of pyridine rings is 1. The molecule has 1 atom stereocenters. The molecule has 0 aliphatic carbocycles. The average Bonchev–Trinajstić information content (AvgIpc) is 3.30. The maximum atomic E-state index is 12.6. The number of H-pyrrole nitrogens is 1. The lowest BCUT2D eigenvalue weighted by atomic mass is 10.1. The van der Waals surface area contributed by atoms with Crippen LogP contribution in [0.1, 0.15) is 34.3 Å². The number of rotatable bonds is 2. The van der Waals surface area contributed by atoms with E-state index in [9.17, 15) is 18.0 Å². The van der Waals surface area contributed by atoms with E-state index in [2.05, 4.69) is 19.6 Å². The third-order valence-electron chi connectivity index (χ3n) is 4.34. The van der Waals surface area contributed by atoms with Crippen molar-refractivity contribution in [3.05, 3.63) is 47.6 Å². The highest BCUT2D eigenvalue weighted by atomic mass is 19.4. The topological polar surface area (TPSA) is 75.0 Å². The summed E-state index contributed by atoms with van der Waals surface area (Å²) in [4.78, 5) is 21.3. The number of carbonyl (C=O) groups is 1. The van der Waals surface area contributed by atoms with Crippen molar-refractivity contribution < 1.29 is 22.5 Å². The first-order valence-electron chi connectivity index (χ1n) is 7.68. The molecule has 0 aromatic carbocycles. The largest absolute Gasteiger partial charge is 0.436 e. The van der Waals surface area contributed by atoms with Crippen molar-refractivity contribution in [3.63, 3.8) is 0 Å². The van der Waals surface area contributed by atoms with E-state index >= 15 is 0 Å². The fraction of sp³-hybridized carbons (Fsp3) is 0.312. The zero-order valence-corrected chi connectivity index (χ0v) is 12.9.